The van der Waals surface area contributed by atoms with Crippen LogP contribution >= 0.6 is 21.6 Å². The molecule has 2 fully saturated rings. The maximum absolute atomic E-state index is 12.7. The van der Waals surface area contributed by atoms with Crippen molar-refractivity contribution in [2.45, 2.75) is 233 Å². The standard InChI is InChI=1S/C76H120N2O12S2/c1-5-9-13-17-21-25-55-85-75(86-56-26-22-18-14-10-6-2)33-29-31-71(79)89-69-39-35-67(36-40-69)63-73(81)83-59-47-65-43-49-77(50-44-65)53-61-91-92-62-54-78-51-45-66(46-52-78)48-60-84-74(82)64-68-37-41-70(42-38-68)90-72(80)32-30-34-76(87-57-27-23-19-15-11-7-3)88-58-28-24-20-16-12-8-4/h9-16,35-42,65-66,75-76H,5-8,17-34,43-64H2,1-4H3/b13-9-,14-10-,15-11-,16-12-. The number of piperidine rings is 2. The fourth-order valence-electron chi connectivity index (χ4n) is 11.0. The van der Waals surface area contributed by atoms with E-state index in [1.54, 1.807) is 24.3 Å². The Morgan fingerprint density at radius 3 is 1.07 bits per heavy atom. The van der Waals surface area contributed by atoms with Gasteiger partial charge in [0.15, 0.2) is 12.6 Å². The molecule has 0 saturated carbocycles. The highest BCUT2D eigenvalue weighted by atomic mass is 33.1. The van der Waals surface area contributed by atoms with Gasteiger partial charge in [-0.3, -0.25) is 19.2 Å². The first-order chi connectivity index (χ1) is 45.2. The van der Waals surface area contributed by atoms with E-state index in [1.165, 1.54) is 0 Å². The van der Waals surface area contributed by atoms with Gasteiger partial charge in [0.25, 0.3) is 0 Å². The largest absolute Gasteiger partial charge is 0.465 e. The number of rotatable bonds is 55. The number of carbonyl (C=O) groups excluding carboxylic acids is 4. The van der Waals surface area contributed by atoms with E-state index >= 15 is 0 Å². The zero-order chi connectivity index (χ0) is 65.6. The molecule has 0 aliphatic carbocycles. The van der Waals surface area contributed by atoms with Crippen LogP contribution in [0.1, 0.15) is 219 Å². The molecule has 2 aliphatic heterocycles. The van der Waals surface area contributed by atoms with Gasteiger partial charge >= 0.3 is 23.9 Å². The summed E-state index contributed by atoms with van der Waals surface area (Å²) in [6.07, 6.45) is 43.5. The number of hydrogen-bond acceptors (Lipinski definition) is 16. The second-order valence-corrected chi connectivity index (χ2v) is 27.2. The first kappa shape index (κ1) is 80.2. The lowest BCUT2D eigenvalue weighted by atomic mass is 9.94. The SMILES string of the molecule is CC/C=C\CCCCOC(CCCC(=O)Oc1ccc(CC(=O)OCCC2CCN(CCSSCCN3CCC(CCOC(=O)Cc4ccc(OC(=O)CCCC(OCCCC/C=C\CC)OCCCC/C=C\CC)cc4)CC3)CC2)cc1)OCCCC/C=C\CC. The Morgan fingerprint density at radius 1 is 0.424 bits per heavy atom. The second kappa shape index (κ2) is 54.9. The Hall–Kier alpha value is -4.26. The minimum absolute atomic E-state index is 0.185. The molecule has 2 aromatic rings. The molecule has 0 amide bonds. The van der Waals surface area contributed by atoms with E-state index in [9.17, 15) is 19.2 Å². The molecule has 14 nitrogen and oxygen atoms in total. The van der Waals surface area contributed by atoms with Crippen molar-refractivity contribution < 1.29 is 57.1 Å². The molecule has 0 N–H and O–H groups in total. The van der Waals surface area contributed by atoms with Gasteiger partial charge in [-0.1, -0.05) is 122 Å². The molecule has 2 heterocycles. The van der Waals surface area contributed by atoms with Crippen molar-refractivity contribution in [1.82, 2.24) is 9.80 Å². The predicted octanol–water partition coefficient (Wildman–Crippen LogP) is 17.6. The number of likely N-dealkylation sites (tertiary alicyclic amines) is 2. The van der Waals surface area contributed by atoms with Gasteiger partial charge in [0.1, 0.15) is 11.5 Å². The molecular formula is C76H120N2O12S2. The number of hydrogen-bond donors (Lipinski definition) is 0. The third-order valence-electron chi connectivity index (χ3n) is 16.6. The summed E-state index contributed by atoms with van der Waals surface area (Å²) in [6, 6.07) is 14.3. The van der Waals surface area contributed by atoms with Crippen molar-refractivity contribution in [2.24, 2.45) is 11.8 Å². The van der Waals surface area contributed by atoms with Crippen LogP contribution in [0.5, 0.6) is 11.5 Å². The molecule has 16 heteroatoms. The Bertz CT molecular complexity index is 2090. The van der Waals surface area contributed by atoms with Crippen molar-refractivity contribution in [3.8, 4) is 11.5 Å². The van der Waals surface area contributed by atoms with Crippen LogP contribution in [0.3, 0.4) is 0 Å². The molecule has 0 aromatic heterocycles. The van der Waals surface area contributed by atoms with Crippen LogP contribution in [0.25, 0.3) is 0 Å². The number of nitrogens with zero attached hydrogens (tertiary/aromatic N) is 2. The topological polar surface area (TPSA) is 149 Å². The molecule has 2 saturated heterocycles. The van der Waals surface area contributed by atoms with Gasteiger partial charge in [-0.05, 0) is 240 Å². The maximum atomic E-state index is 12.7. The average molecular weight is 1320 g/mol. The van der Waals surface area contributed by atoms with Crippen molar-refractivity contribution in [1.29, 1.82) is 0 Å². The van der Waals surface area contributed by atoms with Crippen LogP contribution in [0.4, 0.5) is 0 Å². The molecule has 0 unspecified atom stereocenters. The summed E-state index contributed by atoms with van der Waals surface area (Å²) >= 11 is 0. The van der Waals surface area contributed by atoms with Crippen LogP contribution < -0.4 is 9.47 Å². The van der Waals surface area contributed by atoms with Gasteiger partial charge in [0, 0.05) is 63.9 Å². The first-order valence-corrected chi connectivity index (χ1v) is 38.3. The molecule has 92 heavy (non-hydrogen) atoms. The summed E-state index contributed by atoms with van der Waals surface area (Å²) in [7, 11) is 3.96. The first-order valence-electron chi connectivity index (χ1n) is 35.8. The van der Waals surface area contributed by atoms with E-state index < -0.39 is 0 Å². The summed E-state index contributed by atoms with van der Waals surface area (Å²) in [5.41, 5.74) is 1.65. The lowest BCUT2D eigenvalue weighted by molar-refractivity contribution is -0.150. The van der Waals surface area contributed by atoms with E-state index in [0.717, 1.165) is 203 Å². The molecule has 0 bridgehead atoms. The molecule has 2 aromatic carbocycles. The van der Waals surface area contributed by atoms with E-state index in [2.05, 4.69) is 86.1 Å². The molecule has 4 rings (SSSR count). The summed E-state index contributed by atoms with van der Waals surface area (Å²) in [5, 5.41) is 0. The number of ether oxygens (including phenoxy) is 8. The van der Waals surface area contributed by atoms with Crippen LogP contribution in [0.2, 0.25) is 0 Å². The smallest absolute Gasteiger partial charge is 0.311 e. The Labute approximate surface area is 564 Å². The van der Waals surface area contributed by atoms with Crippen LogP contribution in [0.15, 0.2) is 97.1 Å². The lowest BCUT2D eigenvalue weighted by Gasteiger charge is -2.32. The zero-order valence-electron chi connectivity index (χ0n) is 57.3. The van der Waals surface area contributed by atoms with Gasteiger partial charge in [0.05, 0.1) is 26.1 Å². The van der Waals surface area contributed by atoms with E-state index in [-0.39, 0.29) is 62.1 Å². The monoisotopic (exact) mass is 1320 g/mol. The van der Waals surface area contributed by atoms with E-state index in [0.29, 0.717) is 88.7 Å². The number of unbranched alkanes of at least 4 members (excludes halogenated alkanes) is 8. The van der Waals surface area contributed by atoms with Gasteiger partial charge in [-0.25, -0.2) is 0 Å². The van der Waals surface area contributed by atoms with Crippen molar-refractivity contribution in [2.75, 3.05) is 90.4 Å². The number of benzene rings is 2. The van der Waals surface area contributed by atoms with Gasteiger partial charge in [-0.15, -0.1) is 0 Å². The Morgan fingerprint density at radius 2 is 0.750 bits per heavy atom. The minimum atomic E-state index is -0.326. The van der Waals surface area contributed by atoms with Crippen molar-refractivity contribution >= 4 is 45.5 Å². The molecular weight excluding hydrogens is 1200 g/mol. The molecule has 0 radical (unpaired) electrons. The average Bonchev–Trinajstić information content (AvgIpc) is 2.77. The summed E-state index contributed by atoms with van der Waals surface area (Å²) in [5.74, 6) is 3.24. The third kappa shape index (κ3) is 42.2. The molecule has 0 spiro atoms. The normalized spacial score (nSPS) is 14.7. The van der Waals surface area contributed by atoms with Crippen LogP contribution in [-0.4, -0.2) is 137 Å². The highest BCUT2D eigenvalue weighted by Crippen LogP contribution is 2.27. The third-order valence-corrected chi connectivity index (χ3v) is 19.0. The number of allylic oxidation sites excluding steroid dienone is 8. The van der Waals surface area contributed by atoms with Gasteiger partial charge in [-0.2, -0.15) is 0 Å². The molecule has 518 valence electrons. The number of esters is 4. The zero-order valence-corrected chi connectivity index (χ0v) is 58.9. The fourth-order valence-corrected chi connectivity index (χ4v) is 13.0. The molecule has 2 aliphatic rings. The van der Waals surface area contributed by atoms with Gasteiger partial charge < -0.3 is 47.7 Å². The summed E-state index contributed by atoms with van der Waals surface area (Å²) in [6.45, 7) is 18.6. The summed E-state index contributed by atoms with van der Waals surface area (Å²) in [4.78, 5) is 56.1. The van der Waals surface area contributed by atoms with Gasteiger partial charge in [0.2, 0.25) is 0 Å². The highest BCUT2D eigenvalue weighted by Gasteiger charge is 2.22. The van der Waals surface area contributed by atoms with E-state index in [1.807, 2.05) is 45.9 Å². The van der Waals surface area contributed by atoms with Crippen LogP contribution in [0, 0.1) is 11.8 Å². The predicted molar refractivity (Wildman–Crippen MR) is 378 cm³/mol. The van der Waals surface area contributed by atoms with Crippen LogP contribution in [-0.2, 0) is 60.4 Å². The highest BCUT2D eigenvalue weighted by molar-refractivity contribution is 8.76. The quantitative estimate of drug-likeness (QED) is 0.0154. The fraction of sp³-hybridized carbons (Fsp3) is 0.684. The van der Waals surface area contributed by atoms with Crippen molar-refractivity contribution in [3.63, 3.8) is 0 Å². The minimum Gasteiger partial charge on any atom is -0.465 e. The Balaban J connectivity index is 0.957. The molecule has 0 atom stereocenters. The second-order valence-electron chi connectivity index (χ2n) is 24.5. The lowest BCUT2D eigenvalue weighted by Crippen LogP contribution is -2.36. The Kier molecular flexibility index (Phi) is 47.9. The summed E-state index contributed by atoms with van der Waals surface area (Å²) < 4.78 is 47.0. The number of carbonyl (C=O) groups is 4. The van der Waals surface area contributed by atoms with Crippen molar-refractivity contribution in [3.05, 3.63) is 108 Å². The maximum Gasteiger partial charge on any atom is 0.311 e. The van der Waals surface area contributed by atoms with E-state index in [4.69, 9.17) is 37.9 Å².